The molecule has 2 aromatic carbocycles. The van der Waals surface area contributed by atoms with Crippen LogP contribution in [0.25, 0.3) is 0 Å². The maximum absolute atomic E-state index is 13.6. The smallest absolute Gasteiger partial charge is 0.307 e. The molecule has 0 saturated heterocycles. The van der Waals surface area contributed by atoms with Crippen LogP contribution in [0.3, 0.4) is 0 Å². The number of benzene rings is 2. The number of urea groups is 1. The maximum Gasteiger partial charge on any atom is 0.325 e. The number of anilines is 2. The Balaban J connectivity index is 1.80. The van der Waals surface area contributed by atoms with Crippen molar-refractivity contribution < 1.29 is 9.18 Å². The zero-order valence-corrected chi connectivity index (χ0v) is 14.4. The SMILES string of the molecule is Cc1ccccc1Sc1cc(F)ccc1NC(=O)Nc1nccs1. The number of halogens is 1. The van der Waals surface area contributed by atoms with Crippen molar-refractivity contribution in [2.24, 2.45) is 0 Å². The fraction of sp³-hybridized carbons (Fsp3) is 0.0588. The van der Waals surface area contributed by atoms with Crippen LogP contribution in [0.15, 0.2) is 63.8 Å². The van der Waals surface area contributed by atoms with Gasteiger partial charge in [-0.15, -0.1) is 11.3 Å². The van der Waals surface area contributed by atoms with Crippen LogP contribution in [0.4, 0.5) is 20.0 Å². The van der Waals surface area contributed by atoms with Crippen LogP contribution in [-0.4, -0.2) is 11.0 Å². The van der Waals surface area contributed by atoms with Crippen LogP contribution in [0.2, 0.25) is 0 Å². The van der Waals surface area contributed by atoms with Gasteiger partial charge < -0.3 is 5.32 Å². The van der Waals surface area contributed by atoms with Gasteiger partial charge in [0.15, 0.2) is 5.13 Å². The number of hydrogen-bond acceptors (Lipinski definition) is 4. The van der Waals surface area contributed by atoms with Gasteiger partial charge in [-0.3, -0.25) is 5.32 Å². The fourth-order valence-electron chi connectivity index (χ4n) is 2.01. The third-order valence-corrected chi connectivity index (χ3v) is 5.08. The fourth-order valence-corrected chi connectivity index (χ4v) is 3.55. The predicted molar refractivity (Wildman–Crippen MR) is 96.5 cm³/mol. The van der Waals surface area contributed by atoms with E-state index >= 15 is 0 Å². The average molecular weight is 359 g/mol. The van der Waals surface area contributed by atoms with Gasteiger partial charge >= 0.3 is 6.03 Å². The number of hydrogen-bond donors (Lipinski definition) is 2. The van der Waals surface area contributed by atoms with Gasteiger partial charge in [0.1, 0.15) is 5.82 Å². The van der Waals surface area contributed by atoms with Gasteiger partial charge in [0.25, 0.3) is 0 Å². The number of thiazole rings is 1. The monoisotopic (exact) mass is 359 g/mol. The summed E-state index contributed by atoms with van der Waals surface area (Å²) in [5.41, 5.74) is 1.63. The number of carbonyl (C=O) groups is 1. The first kappa shape index (κ1) is 16.5. The number of carbonyl (C=O) groups excluding carboxylic acids is 1. The molecule has 0 aliphatic carbocycles. The first-order chi connectivity index (χ1) is 11.6. The lowest BCUT2D eigenvalue weighted by atomic mass is 10.2. The molecular weight excluding hydrogens is 345 g/mol. The third-order valence-electron chi connectivity index (χ3n) is 3.16. The number of nitrogens with one attached hydrogen (secondary N) is 2. The van der Waals surface area contributed by atoms with Gasteiger partial charge in [0.05, 0.1) is 5.69 Å². The van der Waals surface area contributed by atoms with Crippen molar-refractivity contribution in [1.29, 1.82) is 0 Å². The van der Waals surface area contributed by atoms with E-state index in [0.717, 1.165) is 10.5 Å². The number of amides is 2. The Labute approximate surface area is 147 Å². The lowest BCUT2D eigenvalue weighted by Gasteiger charge is -2.12. The molecule has 0 spiro atoms. The molecule has 3 aromatic rings. The van der Waals surface area contributed by atoms with Gasteiger partial charge in [-0.2, -0.15) is 0 Å². The van der Waals surface area contributed by atoms with Crippen molar-refractivity contribution in [3.63, 3.8) is 0 Å². The van der Waals surface area contributed by atoms with E-state index in [0.29, 0.717) is 15.7 Å². The van der Waals surface area contributed by atoms with Gasteiger partial charge in [-0.05, 0) is 36.8 Å². The Bertz CT molecular complexity index is 853. The van der Waals surface area contributed by atoms with Crippen molar-refractivity contribution in [1.82, 2.24) is 4.98 Å². The summed E-state index contributed by atoms with van der Waals surface area (Å²) >= 11 is 2.73. The molecule has 0 aliphatic rings. The van der Waals surface area contributed by atoms with E-state index in [-0.39, 0.29) is 5.82 Å². The van der Waals surface area contributed by atoms with Crippen molar-refractivity contribution in [3.05, 3.63) is 65.4 Å². The topological polar surface area (TPSA) is 54.0 Å². The van der Waals surface area contributed by atoms with Gasteiger partial charge in [0.2, 0.25) is 0 Å². The zero-order chi connectivity index (χ0) is 16.9. The summed E-state index contributed by atoms with van der Waals surface area (Å²) < 4.78 is 13.6. The molecule has 2 amide bonds. The quantitative estimate of drug-likeness (QED) is 0.657. The molecule has 0 radical (unpaired) electrons. The second kappa shape index (κ2) is 7.46. The summed E-state index contributed by atoms with van der Waals surface area (Å²) in [6.07, 6.45) is 1.61. The van der Waals surface area contributed by atoms with Crippen LogP contribution in [-0.2, 0) is 0 Å². The van der Waals surface area contributed by atoms with E-state index in [4.69, 9.17) is 0 Å². The van der Waals surface area contributed by atoms with Crippen LogP contribution >= 0.6 is 23.1 Å². The molecule has 1 aromatic heterocycles. The minimum Gasteiger partial charge on any atom is -0.307 e. The normalized spacial score (nSPS) is 10.4. The molecule has 0 bridgehead atoms. The predicted octanol–water partition coefficient (Wildman–Crippen LogP) is 5.39. The lowest BCUT2D eigenvalue weighted by Crippen LogP contribution is -2.19. The first-order valence-corrected chi connectivity index (χ1v) is 8.82. The molecule has 4 nitrogen and oxygen atoms in total. The minimum atomic E-state index is -0.414. The van der Waals surface area contributed by atoms with Crippen LogP contribution < -0.4 is 10.6 Å². The molecule has 0 atom stereocenters. The second-order valence-electron chi connectivity index (χ2n) is 4.92. The summed E-state index contributed by atoms with van der Waals surface area (Å²) in [6, 6.07) is 11.7. The van der Waals surface area contributed by atoms with Gasteiger partial charge in [-0.25, -0.2) is 14.2 Å². The van der Waals surface area contributed by atoms with Gasteiger partial charge in [-0.1, -0.05) is 30.0 Å². The molecule has 24 heavy (non-hydrogen) atoms. The van der Waals surface area contributed by atoms with E-state index in [1.54, 1.807) is 17.6 Å². The number of aromatic nitrogens is 1. The molecular formula is C17H14FN3OS2. The van der Waals surface area contributed by atoms with E-state index in [2.05, 4.69) is 15.6 Å². The number of aryl methyl sites for hydroxylation is 1. The highest BCUT2D eigenvalue weighted by Crippen LogP contribution is 2.35. The van der Waals surface area contributed by atoms with E-state index in [1.807, 2.05) is 31.2 Å². The highest BCUT2D eigenvalue weighted by Gasteiger charge is 2.11. The highest BCUT2D eigenvalue weighted by molar-refractivity contribution is 7.99. The molecule has 3 rings (SSSR count). The lowest BCUT2D eigenvalue weighted by molar-refractivity contribution is 0.262. The average Bonchev–Trinajstić information content (AvgIpc) is 3.05. The van der Waals surface area contributed by atoms with Crippen LogP contribution in [0, 0.1) is 12.7 Å². The molecule has 122 valence electrons. The van der Waals surface area contributed by atoms with E-state index in [9.17, 15) is 9.18 Å². The van der Waals surface area contributed by atoms with E-state index < -0.39 is 6.03 Å². The van der Waals surface area contributed by atoms with Crippen molar-refractivity contribution in [2.45, 2.75) is 16.7 Å². The largest absolute Gasteiger partial charge is 0.325 e. The minimum absolute atomic E-state index is 0.350. The van der Waals surface area contributed by atoms with Gasteiger partial charge in [0, 0.05) is 21.4 Å². The van der Waals surface area contributed by atoms with Crippen molar-refractivity contribution in [2.75, 3.05) is 10.6 Å². The Morgan fingerprint density at radius 1 is 1.17 bits per heavy atom. The van der Waals surface area contributed by atoms with E-state index in [1.165, 1.54) is 35.2 Å². The number of nitrogens with zero attached hydrogens (tertiary/aromatic N) is 1. The second-order valence-corrected chi connectivity index (χ2v) is 6.90. The maximum atomic E-state index is 13.6. The summed E-state index contributed by atoms with van der Waals surface area (Å²) in [5, 5.41) is 7.66. The Hall–Kier alpha value is -2.38. The van der Waals surface area contributed by atoms with Crippen molar-refractivity contribution in [3.8, 4) is 0 Å². The Kier molecular flexibility index (Phi) is 5.12. The first-order valence-electron chi connectivity index (χ1n) is 7.12. The van der Waals surface area contributed by atoms with Crippen LogP contribution in [0.1, 0.15) is 5.56 Å². The molecule has 0 unspecified atom stereocenters. The summed E-state index contributed by atoms with van der Waals surface area (Å²) in [5.74, 6) is -0.350. The molecule has 2 N–H and O–H groups in total. The standard InChI is InChI=1S/C17H14FN3OS2/c1-11-4-2-3-5-14(11)24-15-10-12(18)6-7-13(15)20-16(22)21-17-19-8-9-23-17/h2-10H,1H3,(H2,19,20,21,22). The van der Waals surface area contributed by atoms with Crippen LogP contribution in [0.5, 0.6) is 0 Å². The highest BCUT2D eigenvalue weighted by atomic mass is 32.2. The third kappa shape index (κ3) is 4.12. The zero-order valence-electron chi connectivity index (χ0n) is 12.7. The van der Waals surface area contributed by atoms with Crippen molar-refractivity contribution >= 4 is 39.9 Å². The Morgan fingerprint density at radius 3 is 2.75 bits per heavy atom. The number of rotatable bonds is 4. The summed E-state index contributed by atoms with van der Waals surface area (Å²) in [6.45, 7) is 1.99. The molecule has 1 heterocycles. The molecule has 0 fully saturated rings. The molecule has 0 aliphatic heterocycles. The summed E-state index contributed by atoms with van der Waals surface area (Å²) in [4.78, 5) is 17.7. The molecule has 7 heteroatoms. The summed E-state index contributed by atoms with van der Waals surface area (Å²) in [7, 11) is 0. The Morgan fingerprint density at radius 2 is 2.00 bits per heavy atom. The molecule has 0 saturated carbocycles.